The first-order valence-corrected chi connectivity index (χ1v) is 15.2. The highest BCUT2D eigenvalue weighted by Gasteiger charge is 2.24. The number of aromatic carboxylic acids is 1. The van der Waals surface area contributed by atoms with Gasteiger partial charge in [-0.1, -0.05) is 24.3 Å². The van der Waals surface area contributed by atoms with Crippen LogP contribution < -0.4 is 30.6 Å². The van der Waals surface area contributed by atoms with Crippen molar-refractivity contribution in [2.24, 2.45) is 0 Å². The summed E-state index contributed by atoms with van der Waals surface area (Å²) >= 11 is 0. The monoisotopic (exact) mass is 643 g/mol. The third-order valence-corrected chi connectivity index (χ3v) is 8.00. The average Bonchev–Trinajstić information content (AvgIpc) is 3.08. The zero-order valence-corrected chi connectivity index (χ0v) is 27.0. The number of nitrogens with zero attached hydrogens (tertiary/aromatic N) is 4. The Bertz CT molecular complexity index is 2200. The molecule has 0 unspecified atom stereocenters. The summed E-state index contributed by atoms with van der Waals surface area (Å²) in [6.45, 7) is 0.531. The lowest BCUT2D eigenvalue weighted by molar-refractivity contribution is 0.0697. The largest absolute Gasteiger partial charge is 0.478 e. The van der Waals surface area contributed by atoms with Gasteiger partial charge in [-0.25, -0.2) is 14.4 Å². The fourth-order valence-corrected chi connectivity index (χ4v) is 5.40. The van der Waals surface area contributed by atoms with Crippen molar-refractivity contribution in [3.63, 3.8) is 0 Å². The Morgan fingerprint density at radius 1 is 0.938 bits per heavy atom. The van der Waals surface area contributed by atoms with Crippen molar-refractivity contribution in [3.8, 4) is 28.5 Å². The number of nitrogens with one attached hydrogen (secondary N) is 1. The molecule has 0 spiro atoms. The predicted molar refractivity (Wildman–Crippen MR) is 185 cm³/mol. The summed E-state index contributed by atoms with van der Waals surface area (Å²) in [5, 5.41) is 14.9. The molecule has 2 aliphatic rings. The number of carbonyl (C=O) groups is 2. The quantitative estimate of drug-likeness (QED) is 0.148. The number of benzene rings is 4. The summed E-state index contributed by atoms with van der Waals surface area (Å²) < 4.78 is 14.0. The van der Waals surface area contributed by atoms with Crippen LogP contribution in [0.3, 0.4) is 0 Å². The fourth-order valence-electron chi connectivity index (χ4n) is 5.40. The maximum absolute atomic E-state index is 13.5. The van der Waals surface area contributed by atoms with Crippen LogP contribution in [0, 0.1) is 0 Å². The number of carbonyl (C=O) groups excluding carboxylic acids is 1. The Labute approximate surface area is 276 Å². The number of carboxylic acids is 1. The van der Waals surface area contributed by atoms with Gasteiger partial charge >= 0.3 is 12.0 Å². The molecule has 11 nitrogen and oxygen atoms in total. The molecule has 11 heteroatoms. The van der Waals surface area contributed by atoms with E-state index in [1.165, 1.54) is 18.3 Å². The molecule has 1 aliphatic heterocycles. The minimum absolute atomic E-state index is 0.0788. The van der Waals surface area contributed by atoms with E-state index in [1.807, 2.05) is 98.3 Å². The Morgan fingerprint density at radius 3 is 2.42 bits per heavy atom. The van der Waals surface area contributed by atoms with Gasteiger partial charge in [0.2, 0.25) is 5.36 Å². The molecule has 48 heavy (non-hydrogen) atoms. The molecule has 2 heterocycles. The van der Waals surface area contributed by atoms with Gasteiger partial charge in [0.1, 0.15) is 37.9 Å². The number of hydrogen-bond acceptors (Lipinski definition) is 8. The van der Waals surface area contributed by atoms with Gasteiger partial charge in [0, 0.05) is 66.7 Å². The van der Waals surface area contributed by atoms with E-state index in [4.69, 9.17) is 14.9 Å². The molecule has 1 amide bonds. The number of fused-ring (bicyclic) bond motifs is 2. The van der Waals surface area contributed by atoms with E-state index in [0.29, 0.717) is 33.9 Å². The number of nitrogen functional groups attached to an aromatic ring is 1. The molecule has 0 saturated heterocycles. The summed E-state index contributed by atoms with van der Waals surface area (Å²) in [5.41, 5.74) is 11.2. The molecule has 0 saturated carbocycles. The molecule has 0 fully saturated rings. The van der Waals surface area contributed by atoms with Gasteiger partial charge in [0.15, 0.2) is 0 Å². The fraction of sp³-hybridized carbons (Fsp3) is 0.162. The lowest BCUT2D eigenvalue weighted by Crippen LogP contribution is -2.23. The standard InChI is InChI=1S/C37H34N6O5/c1-42(2)25-10-13-28-31(18-25)48-32-19-26(43(3)4)11-14-29(32)34(28)30-17-24(9-12-27(30)36(45)46)35(44)40-20-22-5-7-23(8-6-22)21-47-37-39-16-15-33(38)41-37/h5-19H,20-21H2,1-4H3,(H3-,38,39,40,41,44,45,46)/p+1. The second kappa shape index (κ2) is 13.2. The molecular formula is C37H35N6O5+. The number of nitrogens with two attached hydrogens (primary N) is 1. The van der Waals surface area contributed by atoms with Gasteiger partial charge in [-0.2, -0.15) is 4.98 Å². The zero-order chi connectivity index (χ0) is 33.9. The predicted octanol–water partition coefficient (Wildman–Crippen LogP) is 4.88. The minimum Gasteiger partial charge on any atom is -0.478 e. The van der Waals surface area contributed by atoms with E-state index in [0.717, 1.165) is 33.1 Å². The lowest BCUT2D eigenvalue weighted by atomic mass is 9.89. The van der Waals surface area contributed by atoms with Gasteiger partial charge < -0.3 is 30.2 Å². The molecule has 6 rings (SSSR count). The molecule has 4 N–H and O–H groups in total. The highest BCUT2D eigenvalue weighted by molar-refractivity contribution is 6.09. The molecule has 3 aromatic carbocycles. The Hall–Kier alpha value is -6.23. The van der Waals surface area contributed by atoms with Crippen molar-refractivity contribution < 1.29 is 23.8 Å². The van der Waals surface area contributed by atoms with Gasteiger partial charge in [-0.05, 0) is 59.2 Å². The SMILES string of the molecule is CN(C)c1ccc2c(-c3cc(C(=O)NCc4ccc(COc5nccc(N)n5)cc4)ccc3C(=O)O)c3ccc(=[N+](C)C)cc-3oc2c1. The van der Waals surface area contributed by atoms with Crippen molar-refractivity contribution >= 4 is 34.4 Å². The molecule has 0 radical (unpaired) electrons. The highest BCUT2D eigenvalue weighted by atomic mass is 16.5. The number of rotatable bonds is 9. The molecule has 0 bridgehead atoms. The van der Waals surface area contributed by atoms with Crippen molar-refractivity contribution in [3.05, 3.63) is 119 Å². The normalized spacial score (nSPS) is 11.0. The second-order valence-corrected chi connectivity index (χ2v) is 11.7. The van der Waals surface area contributed by atoms with Crippen LogP contribution in [0.25, 0.3) is 33.4 Å². The van der Waals surface area contributed by atoms with Crippen LogP contribution >= 0.6 is 0 Å². The number of hydrogen-bond donors (Lipinski definition) is 3. The van der Waals surface area contributed by atoms with Crippen LogP contribution in [-0.4, -0.2) is 55.1 Å². The van der Waals surface area contributed by atoms with Crippen molar-refractivity contribution in [2.45, 2.75) is 13.2 Å². The highest BCUT2D eigenvalue weighted by Crippen LogP contribution is 2.42. The van der Waals surface area contributed by atoms with Gasteiger partial charge in [0.25, 0.3) is 5.91 Å². The van der Waals surface area contributed by atoms with Crippen LogP contribution in [0.15, 0.2) is 95.5 Å². The van der Waals surface area contributed by atoms with Crippen molar-refractivity contribution in [1.29, 1.82) is 0 Å². The summed E-state index contributed by atoms with van der Waals surface area (Å²) in [7, 11) is 7.77. The smallest absolute Gasteiger partial charge is 0.336 e. The van der Waals surface area contributed by atoms with Gasteiger partial charge in [-0.3, -0.25) is 4.79 Å². The Morgan fingerprint density at radius 2 is 1.71 bits per heavy atom. The molecule has 1 aliphatic carbocycles. The van der Waals surface area contributed by atoms with Gasteiger partial charge in [0.05, 0.1) is 11.6 Å². The van der Waals surface area contributed by atoms with Crippen molar-refractivity contribution in [1.82, 2.24) is 19.9 Å². The number of carboxylic acid groups (broad SMARTS) is 1. The van der Waals surface area contributed by atoms with E-state index < -0.39 is 5.97 Å². The molecule has 1 aromatic heterocycles. The topological polar surface area (TPSA) is 147 Å². The van der Waals surface area contributed by atoms with E-state index in [-0.39, 0.29) is 30.6 Å². The molecular weight excluding hydrogens is 608 g/mol. The first kappa shape index (κ1) is 31.7. The first-order chi connectivity index (χ1) is 23.1. The molecule has 4 aromatic rings. The lowest BCUT2D eigenvalue weighted by Gasteiger charge is -2.19. The first-order valence-electron chi connectivity index (χ1n) is 15.2. The number of ether oxygens (including phenoxy) is 1. The Kier molecular flexibility index (Phi) is 8.76. The van der Waals surface area contributed by atoms with E-state index >= 15 is 0 Å². The number of aromatic nitrogens is 2. The maximum Gasteiger partial charge on any atom is 0.336 e. The van der Waals surface area contributed by atoms with Gasteiger partial charge in [-0.15, -0.1) is 0 Å². The van der Waals surface area contributed by atoms with E-state index in [2.05, 4.69) is 15.3 Å². The molecule has 0 atom stereocenters. The maximum atomic E-state index is 13.5. The van der Waals surface area contributed by atoms with Crippen LogP contribution in [0.4, 0.5) is 11.5 Å². The van der Waals surface area contributed by atoms with Crippen LogP contribution in [0.2, 0.25) is 0 Å². The summed E-state index contributed by atoms with van der Waals surface area (Å²) in [6.07, 6.45) is 1.53. The summed E-state index contributed by atoms with van der Waals surface area (Å²) in [5.74, 6) is -0.507. The number of anilines is 2. The average molecular weight is 644 g/mol. The number of amides is 1. The third kappa shape index (κ3) is 6.66. The van der Waals surface area contributed by atoms with E-state index in [1.54, 1.807) is 12.1 Å². The van der Waals surface area contributed by atoms with Crippen LogP contribution in [0.5, 0.6) is 6.01 Å². The van der Waals surface area contributed by atoms with Crippen LogP contribution in [-0.2, 0) is 13.2 Å². The van der Waals surface area contributed by atoms with Crippen molar-refractivity contribution in [2.75, 3.05) is 38.8 Å². The van der Waals surface area contributed by atoms with Crippen LogP contribution in [0.1, 0.15) is 31.8 Å². The molecule has 242 valence electrons. The zero-order valence-electron chi connectivity index (χ0n) is 27.0. The minimum atomic E-state index is -1.10. The summed E-state index contributed by atoms with van der Waals surface area (Å²) in [6, 6.07) is 25.7. The third-order valence-electron chi connectivity index (χ3n) is 8.00. The Balaban J connectivity index is 1.32. The summed E-state index contributed by atoms with van der Waals surface area (Å²) in [4.78, 5) is 36.1. The second-order valence-electron chi connectivity index (χ2n) is 11.7. The van der Waals surface area contributed by atoms with E-state index in [9.17, 15) is 14.7 Å².